The van der Waals surface area contributed by atoms with Gasteiger partial charge in [0.1, 0.15) is 4.90 Å². The Hall–Kier alpha value is -2.74. The fraction of sp³-hybridized carbons (Fsp3) is 0.0714. The number of para-hydroxylation sites is 1. The van der Waals surface area contributed by atoms with Gasteiger partial charge in [-0.2, -0.15) is 0 Å². The fourth-order valence-electron chi connectivity index (χ4n) is 2.09. The zero-order valence-electron chi connectivity index (χ0n) is 11.7. The molecule has 8 heteroatoms. The first kappa shape index (κ1) is 14.2. The molecule has 0 unspecified atom stereocenters. The minimum atomic E-state index is -3.79. The molecule has 0 radical (unpaired) electrons. The zero-order chi connectivity index (χ0) is 15.7. The maximum absolute atomic E-state index is 12.7. The highest BCUT2D eigenvalue weighted by Crippen LogP contribution is 2.27. The van der Waals surface area contributed by atoms with Crippen LogP contribution in [0.5, 0.6) is 0 Å². The highest BCUT2D eigenvalue weighted by Gasteiger charge is 2.23. The lowest BCUT2D eigenvalue weighted by Gasteiger charge is -2.20. The second kappa shape index (κ2) is 5.23. The van der Waals surface area contributed by atoms with Gasteiger partial charge < -0.3 is 5.73 Å². The maximum Gasteiger partial charge on any atom is 0.267 e. The Morgan fingerprint density at radius 3 is 2.45 bits per heavy atom. The van der Waals surface area contributed by atoms with Crippen LogP contribution in [0.15, 0.2) is 53.8 Å². The molecule has 112 valence electrons. The van der Waals surface area contributed by atoms with E-state index in [1.165, 1.54) is 19.4 Å². The molecule has 0 bridgehead atoms. The van der Waals surface area contributed by atoms with E-state index in [0.29, 0.717) is 11.2 Å². The summed E-state index contributed by atoms with van der Waals surface area (Å²) >= 11 is 0. The van der Waals surface area contributed by atoms with Crippen molar-refractivity contribution in [1.82, 2.24) is 15.0 Å². The summed E-state index contributed by atoms with van der Waals surface area (Å²) in [6.07, 6.45) is 4.00. The van der Waals surface area contributed by atoms with Crippen molar-refractivity contribution >= 4 is 32.6 Å². The van der Waals surface area contributed by atoms with Gasteiger partial charge in [-0.1, -0.05) is 18.2 Å². The van der Waals surface area contributed by atoms with Crippen molar-refractivity contribution in [2.24, 2.45) is 0 Å². The third-order valence-corrected chi connectivity index (χ3v) is 4.98. The first-order valence-electron chi connectivity index (χ1n) is 6.40. The lowest BCUT2D eigenvalue weighted by atomic mass is 10.2. The molecule has 2 N–H and O–H groups in total. The van der Waals surface area contributed by atoms with E-state index in [1.807, 2.05) is 12.1 Å². The molecule has 0 aliphatic heterocycles. The number of pyridine rings is 1. The zero-order valence-corrected chi connectivity index (χ0v) is 12.5. The van der Waals surface area contributed by atoms with Crippen LogP contribution in [0.25, 0.3) is 10.9 Å². The molecule has 0 saturated heterocycles. The number of rotatable bonds is 3. The molecule has 0 spiro atoms. The van der Waals surface area contributed by atoms with Gasteiger partial charge in [0.2, 0.25) is 5.95 Å². The standard InChI is InChI=1S/C14H13N5O2S/c1-19(22(20,21)11-8-17-14(15)18-9-11)12-6-2-4-10-5-3-7-16-13(10)12/h2-9H,1H3,(H2,15,17,18). The average molecular weight is 315 g/mol. The molecule has 0 saturated carbocycles. The van der Waals surface area contributed by atoms with Gasteiger partial charge in [0.15, 0.2) is 0 Å². The first-order chi connectivity index (χ1) is 10.5. The summed E-state index contributed by atoms with van der Waals surface area (Å²) < 4.78 is 26.5. The molecule has 22 heavy (non-hydrogen) atoms. The smallest absolute Gasteiger partial charge is 0.267 e. The Labute approximate surface area is 127 Å². The number of sulfonamides is 1. The molecule has 0 fully saturated rings. The fourth-order valence-corrected chi connectivity index (χ4v) is 3.18. The van der Waals surface area contributed by atoms with Gasteiger partial charge in [-0.3, -0.25) is 9.29 Å². The largest absolute Gasteiger partial charge is 0.368 e. The molecule has 0 atom stereocenters. The van der Waals surface area contributed by atoms with Crippen LogP contribution in [0.4, 0.5) is 11.6 Å². The Kier molecular flexibility index (Phi) is 3.38. The lowest BCUT2D eigenvalue weighted by Crippen LogP contribution is -2.27. The van der Waals surface area contributed by atoms with Crippen LogP contribution in [-0.4, -0.2) is 30.4 Å². The Morgan fingerprint density at radius 1 is 1.05 bits per heavy atom. The molecular formula is C14H13N5O2S. The average Bonchev–Trinajstić information content (AvgIpc) is 2.54. The van der Waals surface area contributed by atoms with Crippen LogP contribution in [0.3, 0.4) is 0 Å². The molecule has 3 rings (SSSR count). The number of hydrogen-bond acceptors (Lipinski definition) is 6. The third-order valence-electron chi connectivity index (χ3n) is 3.26. The second-order valence-electron chi connectivity index (χ2n) is 4.60. The molecule has 0 amide bonds. The predicted octanol–water partition coefficient (Wildman–Crippen LogP) is 1.43. The minimum absolute atomic E-state index is 0.0217. The van der Waals surface area contributed by atoms with Gasteiger partial charge >= 0.3 is 0 Å². The molecule has 2 aromatic heterocycles. The highest BCUT2D eigenvalue weighted by atomic mass is 32.2. The summed E-state index contributed by atoms with van der Waals surface area (Å²) in [5.74, 6) is 0.0217. The van der Waals surface area contributed by atoms with E-state index in [0.717, 1.165) is 9.69 Å². The SMILES string of the molecule is CN(c1cccc2cccnc12)S(=O)(=O)c1cnc(N)nc1. The number of nitrogen functional groups attached to an aromatic ring is 1. The molecular weight excluding hydrogens is 302 g/mol. The molecule has 2 heterocycles. The summed E-state index contributed by atoms with van der Waals surface area (Å²) in [5.41, 5.74) is 6.48. The van der Waals surface area contributed by atoms with Crippen LogP contribution in [0, 0.1) is 0 Å². The van der Waals surface area contributed by atoms with E-state index in [2.05, 4.69) is 15.0 Å². The number of anilines is 2. The van der Waals surface area contributed by atoms with Crippen molar-refractivity contribution in [2.45, 2.75) is 4.90 Å². The highest BCUT2D eigenvalue weighted by molar-refractivity contribution is 7.92. The van der Waals surface area contributed by atoms with E-state index in [4.69, 9.17) is 5.73 Å². The predicted molar refractivity (Wildman–Crippen MR) is 83.8 cm³/mol. The number of aromatic nitrogens is 3. The number of nitrogens with two attached hydrogens (primary N) is 1. The van der Waals surface area contributed by atoms with Crippen molar-refractivity contribution in [3.8, 4) is 0 Å². The first-order valence-corrected chi connectivity index (χ1v) is 7.84. The van der Waals surface area contributed by atoms with Crippen LogP contribution >= 0.6 is 0 Å². The van der Waals surface area contributed by atoms with Gasteiger partial charge in [-0.05, 0) is 12.1 Å². The summed E-state index contributed by atoms with van der Waals surface area (Å²) in [7, 11) is -2.32. The van der Waals surface area contributed by atoms with Gasteiger partial charge in [0, 0.05) is 18.6 Å². The van der Waals surface area contributed by atoms with E-state index < -0.39 is 10.0 Å². The molecule has 0 aliphatic rings. The molecule has 0 aliphatic carbocycles. The van der Waals surface area contributed by atoms with Crippen molar-refractivity contribution in [2.75, 3.05) is 17.1 Å². The van der Waals surface area contributed by atoms with Crippen LogP contribution in [0.1, 0.15) is 0 Å². The summed E-state index contributed by atoms with van der Waals surface area (Å²) in [6.45, 7) is 0. The topological polar surface area (TPSA) is 102 Å². The number of fused-ring (bicyclic) bond motifs is 1. The van der Waals surface area contributed by atoms with Crippen LogP contribution in [0.2, 0.25) is 0 Å². The number of hydrogen-bond donors (Lipinski definition) is 1. The summed E-state index contributed by atoms with van der Waals surface area (Å²) in [5, 5.41) is 0.857. The Morgan fingerprint density at radius 2 is 1.73 bits per heavy atom. The van der Waals surface area contributed by atoms with Crippen molar-refractivity contribution in [1.29, 1.82) is 0 Å². The monoisotopic (exact) mass is 315 g/mol. The lowest BCUT2D eigenvalue weighted by molar-refractivity contribution is 0.593. The normalized spacial score (nSPS) is 11.5. The molecule has 3 aromatic rings. The van der Waals surface area contributed by atoms with E-state index in [9.17, 15) is 8.42 Å². The summed E-state index contributed by atoms with van der Waals surface area (Å²) in [4.78, 5) is 11.7. The van der Waals surface area contributed by atoms with Crippen molar-refractivity contribution in [3.05, 3.63) is 48.9 Å². The van der Waals surface area contributed by atoms with Crippen LogP contribution in [-0.2, 0) is 10.0 Å². The third kappa shape index (κ3) is 2.33. The second-order valence-corrected chi connectivity index (χ2v) is 6.57. The molecule has 1 aromatic carbocycles. The van der Waals surface area contributed by atoms with Gasteiger partial charge in [0.05, 0.1) is 23.6 Å². The minimum Gasteiger partial charge on any atom is -0.368 e. The van der Waals surface area contributed by atoms with E-state index in [1.54, 1.807) is 24.4 Å². The summed E-state index contributed by atoms with van der Waals surface area (Å²) in [6, 6.07) is 9.03. The van der Waals surface area contributed by atoms with Gasteiger partial charge in [-0.15, -0.1) is 0 Å². The van der Waals surface area contributed by atoms with E-state index in [-0.39, 0.29) is 10.8 Å². The number of nitrogens with zero attached hydrogens (tertiary/aromatic N) is 4. The van der Waals surface area contributed by atoms with Crippen molar-refractivity contribution < 1.29 is 8.42 Å². The van der Waals surface area contributed by atoms with Gasteiger partial charge in [-0.25, -0.2) is 18.4 Å². The van der Waals surface area contributed by atoms with E-state index >= 15 is 0 Å². The van der Waals surface area contributed by atoms with Crippen molar-refractivity contribution in [3.63, 3.8) is 0 Å². The molecule has 7 nitrogen and oxygen atoms in total. The Balaban J connectivity index is 2.12. The van der Waals surface area contributed by atoms with Crippen LogP contribution < -0.4 is 10.0 Å². The quantitative estimate of drug-likeness (QED) is 0.784. The van der Waals surface area contributed by atoms with Gasteiger partial charge in [0.25, 0.3) is 10.0 Å². The Bertz CT molecular complexity index is 920. The maximum atomic E-state index is 12.7. The number of benzene rings is 1.